The minimum Gasteiger partial charge on any atom is -0.486 e. The zero-order valence-electron chi connectivity index (χ0n) is 16.5. The Morgan fingerprint density at radius 3 is 2.61 bits per heavy atom. The highest BCUT2D eigenvalue weighted by Gasteiger charge is 2.39. The number of imide groups is 1. The van der Waals surface area contributed by atoms with Crippen LogP contribution in [0.25, 0.3) is 0 Å². The van der Waals surface area contributed by atoms with Crippen LogP contribution in [0.3, 0.4) is 0 Å². The van der Waals surface area contributed by atoms with Gasteiger partial charge >= 0.3 is 0 Å². The second-order valence-corrected chi connectivity index (χ2v) is 7.24. The van der Waals surface area contributed by atoms with Crippen molar-refractivity contribution in [1.29, 1.82) is 0 Å². The van der Waals surface area contributed by atoms with Gasteiger partial charge in [-0.1, -0.05) is 36.4 Å². The lowest BCUT2D eigenvalue weighted by atomic mass is 9.89. The quantitative estimate of drug-likeness (QED) is 0.484. The van der Waals surface area contributed by atoms with Crippen molar-refractivity contribution in [2.45, 2.75) is 12.0 Å². The van der Waals surface area contributed by atoms with Gasteiger partial charge in [-0.3, -0.25) is 14.6 Å². The number of carbonyl (C=O) groups is 2. The summed E-state index contributed by atoms with van der Waals surface area (Å²) in [6.45, 7) is 0.708. The van der Waals surface area contributed by atoms with Crippen LogP contribution in [0.4, 0.5) is 5.82 Å². The number of ether oxygens (including phenoxy) is 2. The molecule has 0 fully saturated rings. The Bertz CT molecular complexity index is 1160. The molecule has 154 valence electrons. The monoisotopic (exact) mass is 413 g/mol. The topological polar surface area (TPSA) is 81.1 Å². The van der Waals surface area contributed by atoms with E-state index in [1.165, 1.54) is 0 Å². The molecule has 2 aliphatic rings. The van der Waals surface area contributed by atoms with Gasteiger partial charge in [-0.25, -0.2) is 9.88 Å². The van der Waals surface area contributed by atoms with E-state index in [0.29, 0.717) is 41.6 Å². The zero-order chi connectivity index (χ0) is 21.2. The second-order valence-electron chi connectivity index (χ2n) is 7.24. The van der Waals surface area contributed by atoms with Gasteiger partial charge in [0.25, 0.3) is 5.91 Å². The van der Waals surface area contributed by atoms with E-state index in [4.69, 9.17) is 9.47 Å². The third kappa shape index (κ3) is 3.54. The average molecular weight is 413 g/mol. The van der Waals surface area contributed by atoms with Crippen LogP contribution in [0.1, 0.15) is 21.8 Å². The molecule has 2 aromatic carbocycles. The van der Waals surface area contributed by atoms with Gasteiger partial charge < -0.3 is 9.47 Å². The van der Waals surface area contributed by atoms with Gasteiger partial charge in [0, 0.05) is 18.0 Å². The van der Waals surface area contributed by atoms with Crippen LogP contribution in [0.2, 0.25) is 0 Å². The van der Waals surface area contributed by atoms with Crippen molar-refractivity contribution in [1.82, 2.24) is 4.98 Å². The number of aromatic nitrogens is 1. The number of amides is 2. The van der Waals surface area contributed by atoms with Crippen molar-refractivity contribution in [3.63, 3.8) is 0 Å². The molecule has 7 nitrogen and oxygen atoms in total. The van der Waals surface area contributed by atoms with E-state index in [9.17, 15) is 9.59 Å². The highest BCUT2D eigenvalue weighted by atomic mass is 16.6. The predicted octanol–water partition coefficient (Wildman–Crippen LogP) is 3.26. The summed E-state index contributed by atoms with van der Waals surface area (Å²) < 4.78 is 11.6. The molecule has 2 aliphatic heterocycles. The van der Waals surface area contributed by atoms with E-state index in [0.717, 1.165) is 4.90 Å². The molecule has 31 heavy (non-hydrogen) atoms. The van der Waals surface area contributed by atoms with Crippen molar-refractivity contribution >= 4 is 23.8 Å². The van der Waals surface area contributed by atoms with E-state index < -0.39 is 5.92 Å². The number of benzene rings is 2. The van der Waals surface area contributed by atoms with Gasteiger partial charge in [0.2, 0.25) is 5.91 Å². The first-order chi connectivity index (χ1) is 15.2. The Morgan fingerprint density at radius 2 is 1.77 bits per heavy atom. The zero-order valence-corrected chi connectivity index (χ0v) is 16.5. The number of pyridine rings is 1. The van der Waals surface area contributed by atoms with Crippen LogP contribution in [0.15, 0.2) is 77.9 Å². The molecule has 2 amide bonds. The highest BCUT2D eigenvalue weighted by Crippen LogP contribution is 2.32. The van der Waals surface area contributed by atoms with Crippen LogP contribution in [0, 0.1) is 0 Å². The molecule has 7 heteroatoms. The fraction of sp³-hybridized carbons (Fsp3) is 0.167. The Kier molecular flexibility index (Phi) is 4.92. The lowest BCUT2D eigenvalue weighted by Crippen LogP contribution is -2.46. The van der Waals surface area contributed by atoms with Gasteiger partial charge in [-0.15, -0.1) is 0 Å². The number of fused-ring (bicyclic) bond motifs is 2. The summed E-state index contributed by atoms with van der Waals surface area (Å²) in [6.07, 6.45) is 2.89. The minimum atomic E-state index is -0.687. The van der Waals surface area contributed by atoms with Gasteiger partial charge in [0.05, 0.1) is 12.5 Å². The third-order valence-corrected chi connectivity index (χ3v) is 5.23. The number of rotatable bonds is 4. The van der Waals surface area contributed by atoms with Crippen molar-refractivity contribution in [2.75, 3.05) is 18.1 Å². The number of para-hydroxylation sites is 2. The van der Waals surface area contributed by atoms with Crippen molar-refractivity contribution in [3.05, 3.63) is 84.1 Å². The maximum absolute atomic E-state index is 13.3. The summed E-state index contributed by atoms with van der Waals surface area (Å²) in [5.74, 6) is 0.240. The van der Waals surface area contributed by atoms with E-state index >= 15 is 0 Å². The van der Waals surface area contributed by atoms with Gasteiger partial charge in [-0.2, -0.15) is 0 Å². The molecule has 3 aromatic rings. The summed E-state index contributed by atoms with van der Waals surface area (Å²) in [5.41, 5.74) is 1.11. The average Bonchev–Trinajstić information content (AvgIpc) is 2.82. The SMILES string of the molecule is O=C1c2ccccc2C(C=NCC2COc3ccccc3O2)C(=O)N1c1ccccn1. The number of hydrogen-bond donors (Lipinski definition) is 0. The molecular weight excluding hydrogens is 394 g/mol. The standard InChI is InChI=1S/C24H19N3O4/c28-23-18-8-2-1-7-17(18)19(24(29)27(23)22-11-5-6-12-26-22)14-25-13-16-15-30-20-9-3-4-10-21(20)31-16/h1-12,14,16,19H,13,15H2. The molecule has 0 aliphatic carbocycles. The molecule has 0 saturated carbocycles. The van der Waals surface area contributed by atoms with Crippen molar-refractivity contribution in [2.24, 2.45) is 4.99 Å². The fourth-order valence-electron chi connectivity index (χ4n) is 3.74. The van der Waals surface area contributed by atoms with E-state index in [1.807, 2.05) is 30.3 Å². The summed E-state index contributed by atoms with van der Waals surface area (Å²) in [7, 11) is 0. The molecule has 5 rings (SSSR count). The number of nitrogens with zero attached hydrogens (tertiary/aromatic N) is 3. The number of hydrogen-bond acceptors (Lipinski definition) is 6. The maximum Gasteiger partial charge on any atom is 0.266 e. The van der Waals surface area contributed by atoms with Crippen molar-refractivity contribution < 1.29 is 19.1 Å². The van der Waals surface area contributed by atoms with Crippen LogP contribution < -0.4 is 14.4 Å². The predicted molar refractivity (Wildman–Crippen MR) is 115 cm³/mol. The van der Waals surface area contributed by atoms with Crippen LogP contribution in [-0.2, 0) is 4.79 Å². The molecule has 0 radical (unpaired) electrons. The van der Waals surface area contributed by atoms with Crippen LogP contribution >= 0.6 is 0 Å². The molecule has 2 unspecified atom stereocenters. The van der Waals surface area contributed by atoms with E-state index in [2.05, 4.69) is 9.98 Å². The number of aliphatic imine (C=N–C) groups is 1. The highest BCUT2D eigenvalue weighted by molar-refractivity contribution is 6.28. The third-order valence-electron chi connectivity index (χ3n) is 5.23. The molecular formula is C24H19N3O4. The molecule has 0 bridgehead atoms. The van der Waals surface area contributed by atoms with Crippen molar-refractivity contribution in [3.8, 4) is 11.5 Å². The number of carbonyl (C=O) groups excluding carboxylic acids is 2. The van der Waals surface area contributed by atoms with Crippen LogP contribution in [0.5, 0.6) is 11.5 Å². The molecule has 1 aromatic heterocycles. The van der Waals surface area contributed by atoms with E-state index in [-0.39, 0.29) is 17.9 Å². The summed E-state index contributed by atoms with van der Waals surface area (Å²) in [6, 6.07) is 19.7. The summed E-state index contributed by atoms with van der Waals surface area (Å²) in [4.78, 5) is 36.1. The lowest BCUT2D eigenvalue weighted by molar-refractivity contribution is -0.118. The van der Waals surface area contributed by atoms with E-state index in [1.54, 1.807) is 48.8 Å². The summed E-state index contributed by atoms with van der Waals surface area (Å²) in [5, 5.41) is 0. The lowest BCUT2D eigenvalue weighted by Gasteiger charge is -2.30. The minimum absolute atomic E-state index is 0.256. The Balaban J connectivity index is 1.39. The Labute approximate surface area is 179 Å². The Morgan fingerprint density at radius 1 is 1.00 bits per heavy atom. The molecule has 0 saturated heterocycles. The van der Waals surface area contributed by atoms with Gasteiger partial charge in [0.15, 0.2) is 17.6 Å². The fourth-order valence-corrected chi connectivity index (χ4v) is 3.74. The molecule has 0 N–H and O–H groups in total. The second kappa shape index (κ2) is 8.02. The van der Waals surface area contributed by atoms with Gasteiger partial charge in [-0.05, 0) is 35.9 Å². The first-order valence-corrected chi connectivity index (χ1v) is 9.99. The first-order valence-electron chi connectivity index (χ1n) is 9.99. The normalized spacial score (nSPS) is 20.1. The molecule has 3 heterocycles. The molecule has 0 spiro atoms. The Hall–Kier alpha value is -4.00. The number of anilines is 1. The largest absolute Gasteiger partial charge is 0.486 e. The smallest absolute Gasteiger partial charge is 0.266 e. The molecule has 2 atom stereocenters. The first kappa shape index (κ1) is 19.0. The summed E-state index contributed by atoms with van der Waals surface area (Å²) >= 11 is 0. The maximum atomic E-state index is 13.3. The van der Waals surface area contributed by atoms with Crippen LogP contribution in [-0.4, -0.2) is 42.3 Å². The van der Waals surface area contributed by atoms with Gasteiger partial charge in [0.1, 0.15) is 12.4 Å².